The van der Waals surface area contributed by atoms with Crippen LogP contribution < -0.4 is 5.32 Å². The minimum Gasteiger partial charge on any atom is -0.508 e. The molecule has 0 aliphatic carbocycles. The Morgan fingerprint density at radius 1 is 1.23 bits per heavy atom. The second kappa shape index (κ2) is 8.52. The third-order valence-corrected chi connectivity index (χ3v) is 4.42. The molecule has 1 fully saturated rings. The van der Waals surface area contributed by atoms with E-state index in [0.29, 0.717) is 12.3 Å². The Morgan fingerprint density at radius 3 is 2.50 bits per heavy atom. The van der Waals surface area contributed by atoms with Crippen LogP contribution in [-0.4, -0.2) is 27.9 Å². The van der Waals surface area contributed by atoms with Crippen molar-refractivity contribution in [3.05, 3.63) is 65.0 Å². The number of aliphatic hydroxyl groups is 1. The maximum atomic E-state index is 12.5. The van der Waals surface area contributed by atoms with Crippen molar-refractivity contribution in [1.82, 2.24) is 5.32 Å². The van der Waals surface area contributed by atoms with Crippen LogP contribution in [-0.2, 0) is 16.0 Å². The van der Waals surface area contributed by atoms with Crippen LogP contribution >= 0.6 is 0 Å². The Kier molecular flexibility index (Phi) is 6.39. The summed E-state index contributed by atoms with van der Waals surface area (Å²) in [6.45, 7) is 6.09. The van der Waals surface area contributed by atoms with Crippen LogP contribution in [0, 0.1) is 5.92 Å². The molecule has 0 aromatic heterocycles. The van der Waals surface area contributed by atoms with E-state index in [-0.39, 0.29) is 17.1 Å². The fourth-order valence-corrected chi connectivity index (χ4v) is 2.75. The predicted molar refractivity (Wildman–Crippen MR) is 101 cm³/mol. The molecule has 1 saturated heterocycles. The minimum absolute atomic E-state index is 0.139. The Bertz CT molecular complexity index is 772. The summed E-state index contributed by atoms with van der Waals surface area (Å²) < 4.78 is 0. The van der Waals surface area contributed by atoms with Crippen LogP contribution in [0.25, 0.3) is 0 Å². The molecule has 1 heterocycles. The number of ketones is 1. The summed E-state index contributed by atoms with van der Waals surface area (Å²) >= 11 is 0. The van der Waals surface area contributed by atoms with Crippen LogP contribution in [0.15, 0.2) is 59.4 Å². The van der Waals surface area contributed by atoms with Crippen molar-refractivity contribution in [2.45, 2.75) is 39.7 Å². The van der Waals surface area contributed by atoms with Crippen molar-refractivity contribution in [2.75, 3.05) is 0 Å². The van der Waals surface area contributed by atoms with E-state index in [1.54, 1.807) is 18.2 Å². The lowest BCUT2D eigenvalue weighted by atomic mass is 10.0. The maximum Gasteiger partial charge on any atom is 0.259 e. The Morgan fingerprint density at radius 2 is 1.88 bits per heavy atom. The molecule has 1 aromatic carbocycles. The Balaban J connectivity index is 2.14. The number of hydrogen-bond acceptors (Lipinski definition) is 4. The Hall–Kier alpha value is -2.82. The summed E-state index contributed by atoms with van der Waals surface area (Å²) in [6, 6.07) is 5.73. The number of benzene rings is 1. The second-order valence-electron chi connectivity index (χ2n) is 6.65. The first-order chi connectivity index (χ1) is 12.3. The van der Waals surface area contributed by atoms with Gasteiger partial charge in [-0.2, -0.15) is 0 Å². The topological polar surface area (TPSA) is 86.6 Å². The van der Waals surface area contributed by atoms with Gasteiger partial charge in [0.1, 0.15) is 17.1 Å². The lowest BCUT2D eigenvalue weighted by molar-refractivity contribution is -0.117. The number of carbonyl (C=O) groups excluding carboxylic acids is 2. The summed E-state index contributed by atoms with van der Waals surface area (Å²) in [5.74, 6) is -0.754. The maximum absolute atomic E-state index is 12.5. The Labute approximate surface area is 153 Å². The average molecular weight is 355 g/mol. The number of nitrogens with one attached hydrogen (secondary N) is 1. The number of amides is 1. The number of Topliss-reactive ketones (excluding diaryl/α,β-unsaturated/α-hetero) is 1. The molecule has 0 spiro atoms. The van der Waals surface area contributed by atoms with Gasteiger partial charge in [0.05, 0.1) is 6.04 Å². The molecule has 0 bridgehead atoms. The monoisotopic (exact) mass is 355 g/mol. The molecular formula is C21H25NO4. The van der Waals surface area contributed by atoms with Crippen molar-refractivity contribution < 1.29 is 19.8 Å². The molecule has 3 N–H and O–H groups in total. The molecule has 1 aliphatic rings. The van der Waals surface area contributed by atoms with Gasteiger partial charge in [0, 0.05) is 6.42 Å². The SMILES string of the molecule is CCC(C)C=C(C)C=CC(O)=C1C(=O)NC(Cc2ccc(O)cc2)C1=O. The molecule has 2 atom stereocenters. The van der Waals surface area contributed by atoms with Gasteiger partial charge in [-0.3, -0.25) is 9.59 Å². The van der Waals surface area contributed by atoms with E-state index in [1.165, 1.54) is 18.2 Å². The van der Waals surface area contributed by atoms with Gasteiger partial charge in [0.2, 0.25) is 0 Å². The molecule has 5 nitrogen and oxygen atoms in total. The largest absolute Gasteiger partial charge is 0.508 e. The van der Waals surface area contributed by atoms with Crippen LogP contribution in [0.5, 0.6) is 5.75 Å². The zero-order chi connectivity index (χ0) is 19.3. The molecule has 1 aliphatic heterocycles. The van der Waals surface area contributed by atoms with E-state index >= 15 is 0 Å². The van der Waals surface area contributed by atoms with Gasteiger partial charge in [-0.05, 0) is 36.6 Å². The van der Waals surface area contributed by atoms with Crippen molar-refractivity contribution >= 4 is 11.7 Å². The quantitative estimate of drug-likeness (QED) is 0.316. The number of aliphatic hydroxyl groups excluding tert-OH is 1. The van der Waals surface area contributed by atoms with Crippen molar-refractivity contribution in [3.63, 3.8) is 0 Å². The van der Waals surface area contributed by atoms with Crippen LogP contribution in [0.1, 0.15) is 32.8 Å². The molecule has 138 valence electrons. The number of hydrogen-bond donors (Lipinski definition) is 3. The van der Waals surface area contributed by atoms with Gasteiger partial charge in [0.15, 0.2) is 5.78 Å². The number of rotatable bonds is 6. The summed E-state index contributed by atoms with van der Waals surface area (Å²) in [5, 5.41) is 22.1. The van der Waals surface area contributed by atoms with E-state index in [9.17, 15) is 19.8 Å². The molecule has 5 heteroatoms. The fourth-order valence-electron chi connectivity index (χ4n) is 2.75. The smallest absolute Gasteiger partial charge is 0.259 e. The first-order valence-electron chi connectivity index (χ1n) is 8.74. The summed E-state index contributed by atoms with van der Waals surface area (Å²) in [6.07, 6.45) is 6.47. The van der Waals surface area contributed by atoms with Crippen molar-refractivity contribution in [3.8, 4) is 5.75 Å². The molecule has 2 rings (SSSR count). The van der Waals surface area contributed by atoms with Gasteiger partial charge < -0.3 is 15.5 Å². The van der Waals surface area contributed by atoms with E-state index in [2.05, 4.69) is 25.2 Å². The first-order valence-corrected chi connectivity index (χ1v) is 8.74. The van der Waals surface area contributed by atoms with Crippen molar-refractivity contribution in [1.29, 1.82) is 0 Å². The van der Waals surface area contributed by atoms with Gasteiger partial charge in [-0.1, -0.05) is 50.1 Å². The lowest BCUT2D eigenvalue weighted by Gasteiger charge is -2.08. The molecular weight excluding hydrogens is 330 g/mol. The lowest BCUT2D eigenvalue weighted by Crippen LogP contribution is -2.31. The van der Waals surface area contributed by atoms with Crippen molar-refractivity contribution in [2.24, 2.45) is 5.92 Å². The third-order valence-electron chi connectivity index (χ3n) is 4.42. The van der Waals surface area contributed by atoms with Crippen LogP contribution in [0.2, 0.25) is 0 Å². The number of allylic oxidation sites excluding steroid dienone is 4. The zero-order valence-electron chi connectivity index (χ0n) is 15.3. The highest BCUT2D eigenvalue weighted by Gasteiger charge is 2.37. The van der Waals surface area contributed by atoms with Gasteiger partial charge in [-0.25, -0.2) is 0 Å². The molecule has 1 aromatic rings. The number of carbonyl (C=O) groups is 2. The molecule has 1 amide bonds. The van der Waals surface area contributed by atoms with Gasteiger partial charge in [0.25, 0.3) is 5.91 Å². The summed E-state index contributed by atoms with van der Waals surface area (Å²) in [7, 11) is 0. The summed E-state index contributed by atoms with van der Waals surface area (Å²) in [4.78, 5) is 24.6. The van der Waals surface area contributed by atoms with E-state index < -0.39 is 17.7 Å². The number of aromatic hydroxyl groups is 1. The normalized spacial score (nSPS) is 21.2. The third kappa shape index (κ3) is 4.85. The van der Waals surface area contributed by atoms with E-state index in [0.717, 1.165) is 17.6 Å². The van der Waals surface area contributed by atoms with E-state index in [4.69, 9.17) is 0 Å². The number of phenolic OH excluding ortho intramolecular Hbond substituents is 1. The van der Waals surface area contributed by atoms with Gasteiger partial charge in [-0.15, -0.1) is 0 Å². The van der Waals surface area contributed by atoms with Crippen LogP contribution in [0.3, 0.4) is 0 Å². The predicted octanol–water partition coefficient (Wildman–Crippen LogP) is 3.36. The average Bonchev–Trinajstić information content (AvgIpc) is 2.88. The highest BCUT2D eigenvalue weighted by molar-refractivity contribution is 6.27. The van der Waals surface area contributed by atoms with Crippen LogP contribution in [0.4, 0.5) is 0 Å². The summed E-state index contributed by atoms with van der Waals surface area (Å²) in [5.41, 5.74) is 1.56. The van der Waals surface area contributed by atoms with E-state index in [1.807, 2.05) is 6.92 Å². The highest BCUT2D eigenvalue weighted by Crippen LogP contribution is 2.19. The second-order valence-corrected chi connectivity index (χ2v) is 6.65. The molecule has 0 saturated carbocycles. The molecule has 0 radical (unpaired) electrons. The zero-order valence-corrected chi connectivity index (χ0v) is 15.3. The van der Waals surface area contributed by atoms with Gasteiger partial charge >= 0.3 is 0 Å². The fraction of sp³-hybridized carbons (Fsp3) is 0.333. The highest BCUT2D eigenvalue weighted by atomic mass is 16.3. The molecule has 26 heavy (non-hydrogen) atoms. The first kappa shape index (κ1) is 19.5. The molecule has 2 unspecified atom stereocenters. The standard InChI is InChI=1S/C21H25NO4/c1-4-13(2)11-14(3)5-10-18(24)19-20(25)17(22-21(19)26)12-15-6-8-16(23)9-7-15/h5-11,13,17,23-24H,4,12H2,1-3H3,(H,22,26). The number of phenols is 1. The minimum atomic E-state index is -0.714.